The van der Waals surface area contributed by atoms with Crippen molar-refractivity contribution in [2.45, 2.75) is 32.5 Å². The van der Waals surface area contributed by atoms with Gasteiger partial charge in [0.2, 0.25) is 0 Å². The largest absolute Gasteiger partial charge is 0.492 e. The van der Waals surface area contributed by atoms with Crippen LogP contribution in [0.4, 0.5) is 5.69 Å². The fourth-order valence-corrected chi connectivity index (χ4v) is 4.42. The first-order valence-corrected chi connectivity index (χ1v) is 10.5. The quantitative estimate of drug-likeness (QED) is 0.618. The Balaban J connectivity index is 1.52. The monoisotopic (exact) mass is 435 g/mol. The van der Waals surface area contributed by atoms with Gasteiger partial charge in [-0.3, -0.25) is 4.79 Å². The number of anilines is 1. The third-order valence-electron chi connectivity index (χ3n) is 5.29. The molecule has 0 atom stereocenters. The zero-order valence-electron chi connectivity index (χ0n) is 16.5. The van der Waals surface area contributed by atoms with Crippen molar-refractivity contribution in [1.82, 2.24) is 0 Å². The number of aryl methyl sites for hydroxylation is 2. The molecule has 0 aliphatic carbocycles. The molecule has 154 valence electrons. The number of nitrogens with zero attached hydrogens (tertiary/aromatic N) is 1. The van der Waals surface area contributed by atoms with Crippen molar-refractivity contribution in [2.75, 3.05) is 31.3 Å². The Labute approximate surface area is 180 Å². The summed E-state index contributed by atoms with van der Waals surface area (Å²) in [5, 5.41) is 1.03. The van der Waals surface area contributed by atoms with Crippen LogP contribution >= 0.6 is 23.2 Å². The van der Waals surface area contributed by atoms with E-state index in [1.54, 1.807) is 23.1 Å². The summed E-state index contributed by atoms with van der Waals surface area (Å²) in [4.78, 5) is 15.2. The first-order valence-electron chi connectivity index (χ1n) is 9.72. The highest BCUT2D eigenvalue weighted by molar-refractivity contribution is 6.35. The molecule has 0 saturated carbocycles. The first-order chi connectivity index (χ1) is 13.9. The summed E-state index contributed by atoms with van der Waals surface area (Å²) < 4.78 is 17.7. The lowest BCUT2D eigenvalue weighted by Gasteiger charge is -2.33. The van der Waals surface area contributed by atoms with Gasteiger partial charge in [-0.05, 0) is 56.0 Å². The molecule has 1 fully saturated rings. The van der Waals surface area contributed by atoms with E-state index in [2.05, 4.69) is 0 Å². The van der Waals surface area contributed by atoms with E-state index < -0.39 is 5.79 Å². The summed E-state index contributed by atoms with van der Waals surface area (Å²) in [5.41, 5.74) is 3.74. The molecule has 2 aliphatic heterocycles. The average molecular weight is 436 g/mol. The van der Waals surface area contributed by atoms with Gasteiger partial charge in [-0.15, -0.1) is 0 Å². The molecule has 29 heavy (non-hydrogen) atoms. The van der Waals surface area contributed by atoms with Crippen molar-refractivity contribution in [3.05, 3.63) is 57.1 Å². The second kappa shape index (κ2) is 8.15. The molecule has 2 heterocycles. The molecular formula is C22H23Cl2NO4. The lowest BCUT2D eigenvalue weighted by Crippen LogP contribution is -2.47. The standard InChI is InChI=1S/C22H23Cl2NO4/c1-14-5-6-15(2)20-19(14)22(28-11-4-12-29-22)21(26)25(20)9-3-10-27-18-8-7-16(23)13-17(18)24/h5-8,13H,3-4,9-12H2,1-2H3. The Bertz CT molecular complexity index is 941. The summed E-state index contributed by atoms with van der Waals surface area (Å²) in [6.45, 7) is 5.92. The number of amides is 1. The summed E-state index contributed by atoms with van der Waals surface area (Å²) in [5.74, 6) is -0.898. The maximum Gasteiger partial charge on any atom is 0.292 e. The highest BCUT2D eigenvalue weighted by Crippen LogP contribution is 2.48. The second-order valence-electron chi connectivity index (χ2n) is 7.32. The Kier molecular flexibility index (Phi) is 5.76. The SMILES string of the molecule is Cc1ccc(C)c2c1N(CCCOc1ccc(Cl)cc1Cl)C(=O)C21OCCCO1. The van der Waals surface area contributed by atoms with Gasteiger partial charge in [0.15, 0.2) is 0 Å². The van der Waals surface area contributed by atoms with Gasteiger partial charge in [-0.25, -0.2) is 0 Å². The van der Waals surface area contributed by atoms with Crippen LogP contribution in [0.2, 0.25) is 10.0 Å². The van der Waals surface area contributed by atoms with Gasteiger partial charge in [-0.1, -0.05) is 35.3 Å². The van der Waals surface area contributed by atoms with Crippen molar-refractivity contribution in [1.29, 1.82) is 0 Å². The molecule has 0 aromatic heterocycles. The minimum absolute atomic E-state index is 0.158. The molecular weight excluding hydrogens is 413 g/mol. The first kappa shape index (κ1) is 20.5. The summed E-state index contributed by atoms with van der Waals surface area (Å²) >= 11 is 12.1. The number of halogens is 2. The van der Waals surface area contributed by atoms with Crippen molar-refractivity contribution >= 4 is 34.8 Å². The maximum absolute atomic E-state index is 13.4. The zero-order chi connectivity index (χ0) is 20.6. The number of carbonyl (C=O) groups excluding carboxylic acids is 1. The second-order valence-corrected chi connectivity index (χ2v) is 8.17. The van der Waals surface area contributed by atoms with Crippen LogP contribution in [0.5, 0.6) is 5.75 Å². The topological polar surface area (TPSA) is 48.0 Å². The van der Waals surface area contributed by atoms with Crippen molar-refractivity contribution in [2.24, 2.45) is 0 Å². The van der Waals surface area contributed by atoms with Crippen molar-refractivity contribution in [3.8, 4) is 5.75 Å². The molecule has 2 aromatic rings. The number of hydrogen-bond donors (Lipinski definition) is 0. The maximum atomic E-state index is 13.4. The highest BCUT2D eigenvalue weighted by atomic mass is 35.5. The molecule has 2 aliphatic rings. The predicted molar refractivity (Wildman–Crippen MR) is 113 cm³/mol. The van der Waals surface area contributed by atoms with Gasteiger partial charge in [0.1, 0.15) is 5.75 Å². The highest BCUT2D eigenvalue weighted by Gasteiger charge is 2.56. The molecule has 0 radical (unpaired) electrons. The van der Waals surface area contributed by atoms with Crippen LogP contribution in [-0.4, -0.2) is 32.3 Å². The molecule has 5 nitrogen and oxygen atoms in total. The van der Waals surface area contributed by atoms with Crippen molar-refractivity contribution in [3.63, 3.8) is 0 Å². The van der Waals surface area contributed by atoms with E-state index in [0.717, 1.165) is 28.8 Å². The molecule has 1 amide bonds. The van der Waals surface area contributed by atoms with Gasteiger partial charge >= 0.3 is 0 Å². The molecule has 1 saturated heterocycles. The third-order valence-corrected chi connectivity index (χ3v) is 5.82. The minimum Gasteiger partial charge on any atom is -0.492 e. The molecule has 0 bridgehead atoms. The van der Waals surface area contributed by atoms with E-state index in [1.807, 2.05) is 26.0 Å². The van der Waals surface area contributed by atoms with Crippen LogP contribution in [0.25, 0.3) is 0 Å². The van der Waals surface area contributed by atoms with E-state index in [9.17, 15) is 4.79 Å². The Morgan fingerprint density at radius 2 is 1.83 bits per heavy atom. The number of hydrogen-bond acceptors (Lipinski definition) is 4. The summed E-state index contributed by atoms with van der Waals surface area (Å²) in [7, 11) is 0. The lowest BCUT2D eigenvalue weighted by molar-refractivity contribution is -0.257. The van der Waals surface area contributed by atoms with Crippen LogP contribution < -0.4 is 9.64 Å². The minimum atomic E-state index is -1.32. The Morgan fingerprint density at radius 1 is 1.10 bits per heavy atom. The molecule has 2 aromatic carbocycles. The van der Waals surface area contributed by atoms with Crippen LogP contribution in [0.1, 0.15) is 29.5 Å². The number of ether oxygens (including phenoxy) is 3. The van der Waals surface area contributed by atoms with Crippen LogP contribution in [0, 0.1) is 13.8 Å². The lowest BCUT2D eigenvalue weighted by atomic mass is 9.97. The van der Waals surface area contributed by atoms with Gasteiger partial charge in [0, 0.05) is 17.1 Å². The summed E-state index contributed by atoms with van der Waals surface area (Å²) in [6.07, 6.45) is 1.42. The number of carbonyl (C=O) groups is 1. The predicted octanol–water partition coefficient (Wildman–Crippen LogP) is 5.02. The fourth-order valence-electron chi connectivity index (χ4n) is 3.96. The Morgan fingerprint density at radius 3 is 2.55 bits per heavy atom. The summed E-state index contributed by atoms with van der Waals surface area (Å²) in [6, 6.07) is 9.16. The number of rotatable bonds is 5. The van der Waals surface area contributed by atoms with E-state index in [4.69, 9.17) is 37.4 Å². The van der Waals surface area contributed by atoms with Gasteiger partial charge in [0.05, 0.1) is 30.5 Å². The van der Waals surface area contributed by atoms with E-state index in [-0.39, 0.29) is 5.91 Å². The van der Waals surface area contributed by atoms with E-state index in [0.29, 0.717) is 48.6 Å². The zero-order valence-corrected chi connectivity index (χ0v) is 18.0. The molecule has 0 unspecified atom stereocenters. The third kappa shape index (κ3) is 3.61. The number of benzene rings is 2. The normalized spacial score (nSPS) is 17.7. The van der Waals surface area contributed by atoms with Gasteiger partial charge in [-0.2, -0.15) is 0 Å². The molecule has 1 spiro atoms. The average Bonchev–Trinajstić information content (AvgIpc) is 2.94. The molecule has 7 heteroatoms. The van der Waals surface area contributed by atoms with Crippen molar-refractivity contribution < 1.29 is 19.0 Å². The van der Waals surface area contributed by atoms with Gasteiger partial charge < -0.3 is 19.1 Å². The molecule has 4 rings (SSSR count). The fraction of sp³-hybridized carbons (Fsp3) is 0.409. The number of fused-ring (bicyclic) bond motifs is 2. The van der Waals surface area contributed by atoms with E-state index >= 15 is 0 Å². The van der Waals surface area contributed by atoms with Crippen LogP contribution in [-0.2, 0) is 20.1 Å². The molecule has 0 N–H and O–H groups in total. The Hall–Kier alpha value is -1.79. The smallest absolute Gasteiger partial charge is 0.292 e. The van der Waals surface area contributed by atoms with E-state index in [1.165, 1.54) is 0 Å². The van der Waals surface area contributed by atoms with Crippen LogP contribution in [0.3, 0.4) is 0 Å². The van der Waals surface area contributed by atoms with Gasteiger partial charge in [0.25, 0.3) is 11.7 Å². The van der Waals surface area contributed by atoms with Crippen LogP contribution in [0.15, 0.2) is 30.3 Å².